The van der Waals surface area contributed by atoms with Gasteiger partial charge in [0.1, 0.15) is 16.2 Å². The number of halogens is 1. The van der Waals surface area contributed by atoms with Crippen molar-refractivity contribution in [1.82, 2.24) is 9.30 Å². The Morgan fingerprint density at radius 1 is 1.41 bits per heavy atom. The summed E-state index contributed by atoms with van der Waals surface area (Å²) in [6.45, 7) is 4.15. The molecule has 0 spiro atoms. The number of thiazole rings is 1. The number of aliphatic imine (C=N–C) groups is 1. The fourth-order valence-electron chi connectivity index (χ4n) is 3.96. The number of nitrogens with zero attached hydrogens (tertiary/aromatic N) is 4. The molecule has 1 fully saturated rings. The van der Waals surface area contributed by atoms with Crippen molar-refractivity contribution in [2.24, 2.45) is 4.99 Å². The van der Waals surface area contributed by atoms with Crippen LogP contribution in [-0.4, -0.2) is 66.4 Å². The lowest BCUT2D eigenvalue weighted by atomic mass is 10.0. The first-order valence-electron chi connectivity index (χ1n) is 9.23. The summed E-state index contributed by atoms with van der Waals surface area (Å²) in [6, 6.07) is 1.41. The summed E-state index contributed by atoms with van der Waals surface area (Å²) in [7, 11) is 3.63. The topological polar surface area (TPSA) is 77.6 Å². The summed E-state index contributed by atoms with van der Waals surface area (Å²) in [5, 5.41) is 11.3. The van der Waals surface area contributed by atoms with Gasteiger partial charge in [0, 0.05) is 56.1 Å². The van der Waals surface area contributed by atoms with Crippen LogP contribution in [0.25, 0.3) is 15.7 Å². The fourth-order valence-corrected chi connectivity index (χ4v) is 4.84. The van der Waals surface area contributed by atoms with E-state index in [4.69, 9.17) is 0 Å². The van der Waals surface area contributed by atoms with E-state index in [0.29, 0.717) is 34.7 Å². The monoisotopic (exact) mass is 416 g/mol. The van der Waals surface area contributed by atoms with Crippen molar-refractivity contribution in [2.75, 3.05) is 38.6 Å². The molecule has 1 aliphatic rings. The fraction of sp³-hybridized carbons (Fsp3) is 0.350. The molecule has 152 valence electrons. The summed E-state index contributed by atoms with van der Waals surface area (Å²) in [4.78, 5) is 33.3. The number of carbonyl (C=O) groups is 1. The zero-order valence-corrected chi connectivity index (χ0v) is 17.2. The van der Waals surface area contributed by atoms with Crippen LogP contribution in [0.15, 0.2) is 27.4 Å². The number of rotatable bonds is 3. The highest BCUT2D eigenvalue weighted by molar-refractivity contribution is 7.16. The van der Waals surface area contributed by atoms with Gasteiger partial charge in [0.05, 0.1) is 16.6 Å². The van der Waals surface area contributed by atoms with Crippen molar-refractivity contribution < 1.29 is 14.3 Å². The molecule has 0 radical (unpaired) electrons. The number of pyridine rings is 1. The van der Waals surface area contributed by atoms with E-state index >= 15 is 4.39 Å². The predicted octanol–water partition coefficient (Wildman–Crippen LogP) is 2.54. The van der Waals surface area contributed by atoms with Gasteiger partial charge in [-0.05, 0) is 20.0 Å². The molecule has 0 bridgehead atoms. The van der Waals surface area contributed by atoms with Crippen LogP contribution in [-0.2, 0) is 0 Å². The molecule has 2 aromatic heterocycles. The number of fused-ring (bicyclic) bond motifs is 3. The van der Waals surface area contributed by atoms with Gasteiger partial charge in [-0.25, -0.2) is 9.18 Å². The van der Waals surface area contributed by atoms with Crippen molar-refractivity contribution in [3.63, 3.8) is 0 Å². The van der Waals surface area contributed by atoms with Crippen molar-refractivity contribution in [3.05, 3.63) is 44.8 Å². The summed E-state index contributed by atoms with van der Waals surface area (Å²) in [6.07, 6.45) is 3.25. The average Bonchev–Trinajstić information content (AvgIpc) is 3.13. The summed E-state index contributed by atoms with van der Waals surface area (Å²) < 4.78 is 17.0. The van der Waals surface area contributed by atoms with Gasteiger partial charge < -0.3 is 19.3 Å². The van der Waals surface area contributed by atoms with Gasteiger partial charge in [0.15, 0.2) is 0 Å². The maximum absolute atomic E-state index is 15.3. The number of likely N-dealkylation sites (N-methyl/N-ethyl adjacent to an activating group) is 1. The minimum absolute atomic E-state index is 0.0385. The van der Waals surface area contributed by atoms with E-state index in [2.05, 4.69) is 16.8 Å². The highest BCUT2D eigenvalue weighted by Crippen LogP contribution is 2.33. The van der Waals surface area contributed by atoms with Crippen LogP contribution in [0.4, 0.5) is 10.1 Å². The minimum atomic E-state index is -1.32. The van der Waals surface area contributed by atoms with E-state index in [9.17, 15) is 14.7 Å². The van der Waals surface area contributed by atoms with E-state index in [1.54, 1.807) is 29.2 Å². The lowest BCUT2D eigenvalue weighted by Gasteiger charge is -2.39. The lowest BCUT2D eigenvalue weighted by molar-refractivity contribution is 0.0697. The van der Waals surface area contributed by atoms with Gasteiger partial charge >= 0.3 is 5.97 Å². The summed E-state index contributed by atoms with van der Waals surface area (Å²) in [5.74, 6) is -1.87. The Morgan fingerprint density at radius 3 is 2.83 bits per heavy atom. The first-order valence-corrected chi connectivity index (χ1v) is 10.1. The van der Waals surface area contributed by atoms with Crippen LogP contribution in [0, 0.1) is 5.82 Å². The second kappa shape index (κ2) is 7.23. The number of anilines is 1. The van der Waals surface area contributed by atoms with Gasteiger partial charge in [-0.15, -0.1) is 11.3 Å². The number of benzene rings is 1. The molecule has 3 heterocycles. The number of hydrogen-bond donors (Lipinski definition) is 1. The van der Waals surface area contributed by atoms with E-state index in [1.165, 1.54) is 17.4 Å². The minimum Gasteiger partial charge on any atom is -0.477 e. The van der Waals surface area contributed by atoms with Crippen LogP contribution >= 0.6 is 11.3 Å². The molecule has 3 aromatic rings. The molecule has 0 saturated carbocycles. The van der Waals surface area contributed by atoms with E-state index < -0.39 is 17.2 Å². The van der Waals surface area contributed by atoms with Gasteiger partial charge in [0.2, 0.25) is 5.43 Å². The molecule has 29 heavy (non-hydrogen) atoms. The zero-order valence-electron chi connectivity index (χ0n) is 16.3. The highest BCUT2D eigenvalue weighted by atomic mass is 32.1. The Balaban J connectivity index is 2.11. The number of aromatic carboxylic acids is 1. The molecule has 0 amide bonds. The first kappa shape index (κ1) is 19.5. The standard InChI is InChI=1S/C20H21FN4O3S/c1-11-10-24(5-4-23(11)3)17-13(9-22-2)16-12(8-14(17)21)18(26)15(20(27)28)19-25(16)6-7-29-19/h6-9,11H,4-5,10H2,1-3H3,(H,27,28). The molecule has 1 saturated heterocycles. The number of carboxylic acid groups (broad SMARTS) is 1. The van der Waals surface area contributed by atoms with E-state index in [0.717, 1.165) is 6.54 Å². The smallest absolute Gasteiger partial charge is 0.342 e. The second-order valence-electron chi connectivity index (χ2n) is 7.27. The molecular formula is C20H21FN4O3S. The Morgan fingerprint density at radius 2 is 2.17 bits per heavy atom. The Hall–Kier alpha value is -2.78. The Bertz CT molecular complexity index is 1220. The first-order chi connectivity index (χ1) is 13.8. The molecular weight excluding hydrogens is 395 g/mol. The van der Waals surface area contributed by atoms with Crippen LogP contribution in [0.3, 0.4) is 0 Å². The van der Waals surface area contributed by atoms with Crippen LogP contribution in [0.5, 0.6) is 0 Å². The average molecular weight is 416 g/mol. The third-order valence-corrected chi connectivity index (χ3v) is 6.43. The SMILES string of the molecule is CN=Cc1c(N2CCN(C)C(C)C2)c(F)cc2c(=O)c(C(=O)O)c3sccn3c12. The van der Waals surface area contributed by atoms with Gasteiger partial charge in [0.25, 0.3) is 0 Å². The zero-order chi connectivity index (χ0) is 20.9. The Kier molecular flexibility index (Phi) is 4.87. The van der Waals surface area contributed by atoms with Gasteiger partial charge in [-0.1, -0.05) is 0 Å². The van der Waals surface area contributed by atoms with Crippen molar-refractivity contribution in [1.29, 1.82) is 0 Å². The van der Waals surface area contributed by atoms with Crippen molar-refractivity contribution >= 4 is 44.9 Å². The number of carboxylic acids is 1. The molecule has 1 N–H and O–H groups in total. The quantitative estimate of drug-likeness (QED) is 0.664. The molecule has 9 heteroatoms. The largest absolute Gasteiger partial charge is 0.477 e. The summed E-state index contributed by atoms with van der Waals surface area (Å²) in [5.41, 5.74) is 0.335. The van der Waals surface area contributed by atoms with Crippen molar-refractivity contribution in [2.45, 2.75) is 13.0 Å². The third-order valence-electron chi connectivity index (χ3n) is 5.55. The molecule has 1 aromatic carbocycles. The molecule has 7 nitrogen and oxygen atoms in total. The number of aromatic nitrogens is 1. The molecule has 0 aliphatic carbocycles. The van der Waals surface area contributed by atoms with E-state index in [1.807, 2.05) is 11.9 Å². The number of hydrogen-bond acceptors (Lipinski definition) is 6. The number of piperazine rings is 1. The third kappa shape index (κ3) is 3.01. The molecule has 4 rings (SSSR count). The molecule has 1 aliphatic heterocycles. The summed E-state index contributed by atoms with van der Waals surface area (Å²) >= 11 is 1.17. The van der Waals surface area contributed by atoms with Crippen molar-refractivity contribution in [3.8, 4) is 0 Å². The van der Waals surface area contributed by atoms with Crippen LogP contribution in [0.2, 0.25) is 0 Å². The maximum atomic E-state index is 15.3. The molecule has 1 unspecified atom stereocenters. The highest BCUT2D eigenvalue weighted by Gasteiger charge is 2.28. The predicted molar refractivity (Wildman–Crippen MR) is 114 cm³/mol. The van der Waals surface area contributed by atoms with Gasteiger partial charge in [-0.2, -0.15) is 0 Å². The second-order valence-corrected chi connectivity index (χ2v) is 8.16. The maximum Gasteiger partial charge on any atom is 0.342 e. The van der Waals surface area contributed by atoms with E-state index in [-0.39, 0.29) is 17.0 Å². The van der Waals surface area contributed by atoms with Crippen LogP contribution in [0.1, 0.15) is 22.8 Å². The Labute approximate surface area is 170 Å². The normalized spacial score (nSPS) is 18.3. The lowest BCUT2D eigenvalue weighted by Crippen LogP contribution is -2.50. The van der Waals surface area contributed by atoms with Gasteiger partial charge in [-0.3, -0.25) is 9.79 Å². The molecule has 1 atom stereocenters. The van der Waals surface area contributed by atoms with Crippen LogP contribution < -0.4 is 10.3 Å².